The summed E-state index contributed by atoms with van der Waals surface area (Å²) < 4.78 is 34.8. The van der Waals surface area contributed by atoms with Gasteiger partial charge in [-0.15, -0.1) is 5.10 Å². The standard InChI is InChI=1S/C10H9F2N3OS/c1-5-2-6(11)7(12)3-9(5)16-4-8-10(13)17-15-14-8/h2-3H,4,13H2,1H3. The molecule has 90 valence electrons. The molecule has 0 amide bonds. The van der Waals surface area contributed by atoms with Gasteiger partial charge in [-0.25, -0.2) is 8.78 Å². The molecule has 0 aliphatic carbocycles. The van der Waals surface area contributed by atoms with Gasteiger partial charge in [0.25, 0.3) is 0 Å². The van der Waals surface area contributed by atoms with Crippen molar-refractivity contribution in [2.75, 3.05) is 5.73 Å². The van der Waals surface area contributed by atoms with Crippen LogP contribution >= 0.6 is 11.5 Å². The third-order valence-corrected chi connectivity index (χ3v) is 2.76. The van der Waals surface area contributed by atoms with Crippen LogP contribution in [0.2, 0.25) is 0 Å². The molecule has 7 heteroatoms. The van der Waals surface area contributed by atoms with E-state index >= 15 is 0 Å². The minimum absolute atomic E-state index is 0.0776. The first-order valence-corrected chi connectivity index (χ1v) is 5.50. The Kier molecular flexibility index (Phi) is 3.19. The number of ether oxygens (including phenoxy) is 1. The maximum Gasteiger partial charge on any atom is 0.162 e. The van der Waals surface area contributed by atoms with Crippen molar-refractivity contribution < 1.29 is 13.5 Å². The van der Waals surface area contributed by atoms with Gasteiger partial charge in [-0.3, -0.25) is 0 Å². The number of nitrogen functional groups attached to an aromatic ring is 1. The third kappa shape index (κ3) is 2.50. The van der Waals surface area contributed by atoms with E-state index in [4.69, 9.17) is 10.5 Å². The molecule has 0 saturated carbocycles. The number of hydrogen-bond donors (Lipinski definition) is 1. The number of benzene rings is 1. The van der Waals surface area contributed by atoms with Crippen LogP contribution < -0.4 is 10.5 Å². The Morgan fingerprint density at radius 3 is 2.71 bits per heavy atom. The molecule has 0 bridgehead atoms. The molecule has 1 heterocycles. The quantitative estimate of drug-likeness (QED) is 0.916. The fourth-order valence-corrected chi connectivity index (χ4v) is 1.68. The lowest BCUT2D eigenvalue weighted by molar-refractivity contribution is 0.297. The van der Waals surface area contributed by atoms with Crippen molar-refractivity contribution in [1.29, 1.82) is 0 Å². The highest BCUT2D eigenvalue weighted by Crippen LogP contribution is 2.23. The Hall–Kier alpha value is -1.76. The smallest absolute Gasteiger partial charge is 0.162 e. The van der Waals surface area contributed by atoms with E-state index in [1.165, 1.54) is 0 Å². The maximum atomic E-state index is 13.0. The fraction of sp³-hybridized carbons (Fsp3) is 0.200. The molecule has 2 rings (SSSR count). The van der Waals surface area contributed by atoms with E-state index in [0.717, 1.165) is 23.7 Å². The molecule has 0 saturated heterocycles. The molecule has 0 aliphatic rings. The van der Waals surface area contributed by atoms with E-state index in [1.807, 2.05) is 0 Å². The van der Waals surface area contributed by atoms with Crippen LogP contribution in [0.15, 0.2) is 12.1 Å². The second-order valence-corrected chi connectivity index (χ2v) is 4.19. The predicted octanol–water partition coefficient (Wildman–Crippen LogP) is 2.29. The Balaban J connectivity index is 2.14. The number of aromatic nitrogens is 2. The van der Waals surface area contributed by atoms with Gasteiger partial charge in [0, 0.05) is 17.6 Å². The van der Waals surface area contributed by atoms with Crippen molar-refractivity contribution in [2.24, 2.45) is 0 Å². The molecular formula is C10H9F2N3OS. The van der Waals surface area contributed by atoms with Crippen LogP contribution in [-0.4, -0.2) is 9.59 Å². The maximum absolute atomic E-state index is 13.0. The Labute approximate surface area is 100 Å². The van der Waals surface area contributed by atoms with Crippen molar-refractivity contribution in [3.8, 4) is 5.75 Å². The zero-order valence-corrected chi connectivity index (χ0v) is 9.72. The largest absolute Gasteiger partial charge is 0.487 e. The Morgan fingerprint density at radius 2 is 2.06 bits per heavy atom. The molecule has 0 atom stereocenters. The van der Waals surface area contributed by atoms with Gasteiger partial charge in [-0.2, -0.15) is 0 Å². The van der Waals surface area contributed by atoms with Gasteiger partial charge in [0.05, 0.1) is 0 Å². The van der Waals surface area contributed by atoms with Gasteiger partial charge in [0.2, 0.25) is 0 Å². The summed E-state index contributed by atoms with van der Waals surface area (Å²) in [5, 5.41) is 4.20. The summed E-state index contributed by atoms with van der Waals surface area (Å²) in [6.07, 6.45) is 0. The zero-order valence-electron chi connectivity index (χ0n) is 8.91. The minimum atomic E-state index is -0.949. The van der Waals surface area contributed by atoms with Crippen molar-refractivity contribution >= 4 is 16.5 Å². The summed E-state index contributed by atoms with van der Waals surface area (Å²) in [6.45, 7) is 1.70. The monoisotopic (exact) mass is 257 g/mol. The average molecular weight is 257 g/mol. The number of hydrogen-bond acceptors (Lipinski definition) is 5. The number of halogens is 2. The van der Waals surface area contributed by atoms with E-state index in [2.05, 4.69) is 9.59 Å². The van der Waals surface area contributed by atoms with E-state index in [0.29, 0.717) is 16.3 Å². The molecule has 0 fully saturated rings. The Morgan fingerprint density at radius 1 is 1.35 bits per heavy atom. The second-order valence-electron chi connectivity index (χ2n) is 3.40. The summed E-state index contributed by atoms with van der Waals surface area (Å²) in [5.41, 5.74) is 6.57. The predicted molar refractivity (Wildman–Crippen MR) is 59.7 cm³/mol. The molecule has 0 aliphatic heterocycles. The fourth-order valence-electron chi connectivity index (χ4n) is 1.25. The summed E-state index contributed by atoms with van der Waals surface area (Å²) in [6, 6.07) is 2.08. The average Bonchev–Trinajstić information content (AvgIpc) is 2.68. The van der Waals surface area contributed by atoms with Gasteiger partial charge < -0.3 is 10.5 Å². The molecule has 1 aromatic heterocycles. The van der Waals surface area contributed by atoms with Crippen LogP contribution in [0.5, 0.6) is 5.75 Å². The van der Waals surface area contributed by atoms with Crippen molar-refractivity contribution in [3.63, 3.8) is 0 Å². The van der Waals surface area contributed by atoms with Crippen LogP contribution in [-0.2, 0) is 6.61 Å². The lowest BCUT2D eigenvalue weighted by Crippen LogP contribution is -2.01. The molecule has 4 nitrogen and oxygen atoms in total. The highest BCUT2D eigenvalue weighted by molar-refractivity contribution is 7.09. The van der Waals surface area contributed by atoms with E-state index in [1.54, 1.807) is 6.92 Å². The summed E-state index contributed by atoms with van der Waals surface area (Å²) >= 11 is 1.05. The first-order valence-electron chi connectivity index (χ1n) is 4.73. The van der Waals surface area contributed by atoms with Gasteiger partial charge >= 0.3 is 0 Å². The molecule has 0 unspecified atom stereocenters. The van der Waals surface area contributed by atoms with E-state index < -0.39 is 11.6 Å². The number of nitrogens with zero attached hydrogens (tertiary/aromatic N) is 2. The van der Waals surface area contributed by atoms with Crippen molar-refractivity contribution in [3.05, 3.63) is 35.0 Å². The number of aryl methyl sites for hydroxylation is 1. The SMILES string of the molecule is Cc1cc(F)c(F)cc1OCc1nnsc1N. The first-order chi connectivity index (χ1) is 8.08. The van der Waals surface area contributed by atoms with Crippen LogP contribution in [0.3, 0.4) is 0 Å². The molecule has 1 aromatic carbocycles. The number of rotatable bonds is 3. The zero-order chi connectivity index (χ0) is 12.4. The van der Waals surface area contributed by atoms with E-state index in [9.17, 15) is 8.78 Å². The molecular weight excluding hydrogens is 248 g/mol. The Bertz CT molecular complexity index is 544. The highest BCUT2D eigenvalue weighted by atomic mass is 32.1. The van der Waals surface area contributed by atoms with Gasteiger partial charge in [0.1, 0.15) is 23.1 Å². The molecule has 0 radical (unpaired) electrons. The minimum Gasteiger partial charge on any atom is -0.487 e. The normalized spacial score (nSPS) is 10.5. The highest BCUT2D eigenvalue weighted by Gasteiger charge is 2.10. The second kappa shape index (κ2) is 4.62. The van der Waals surface area contributed by atoms with Gasteiger partial charge in [-0.05, 0) is 18.6 Å². The lowest BCUT2D eigenvalue weighted by atomic mass is 10.2. The summed E-state index contributed by atoms with van der Waals surface area (Å²) in [7, 11) is 0. The van der Waals surface area contributed by atoms with Crippen molar-refractivity contribution in [1.82, 2.24) is 9.59 Å². The number of nitrogens with two attached hydrogens (primary N) is 1. The lowest BCUT2D eigenvalue weighted by Gasteiger charge is -2.08. The van der Waals surface area contributed by atoms with Crippen LogP contribution in [0.25, 0.3) is 0 Å². The van der Waals surface area contributed by atoms with Gasteiger partial charge in [-0.1, -0.05) is 4.49 Å². The van der Waals surface area contributed by atoms with Crippen LogP contribution in [0.4, 0.5) is 13.8 Å². The summed E-state index contributed by atoms with van der Waals surface area (Å²) in [4.78, 5) is 0. The van der Waals surface area contributed by atoms with E-state index in [-0.39, 0.29) is 12.4 Å². The number of anilines is 1. The van der Waals surface area contributed by atoms with Gasteiger partial charge in [0.15, 0.2) is 11.6 Å². The summed E-state index contributed by atoms with van der Waals surface area (Å²) in [5.74, 6) is -1.59. The van der Waals surface area contributed by atoms with Crippen LogP contribution in [0.1, 0.15) is 11.3 Å². The van der Waals surface area contributed by atoms with Crippen LogP contribution in [0, 0.1) is 18.6 Å². The first kappa shape index (κ1) is 11.7. The molecule has 17 heavy (non-hydrogen) atoms. The molecule has 2 aromatic rings. The topological polar surface area (TPSA) is 61.0 Å². The molecule has 0 spiro atoms. The van der Waals surface area contributed by atoms with Crippen molar-refractivity contribution in [2.45, 2.75) is 13.5 Å². The third-order valence-electron chi connectivity index (χ3n) is 2.17. The molecule has 2 N–H and O–H groups in total.